The number of aromatic nitrogens is 4. The number of rotatable bonds is 3. The van der Waals surface area contributed by atoms with Crippen molar-refractivity contribution in [2.24, 2.45) is 0 Å². The molecule has 5 rings (SSSR count). The summed E-state index contributed by atoms with van der Waals surface area (Å²) in [4.78, 5) is 9.23. The number of aryl methyl sites for hydroxylation is 1. The van der Waals surface area contributed by atoms with Gasteiger partial charge in [0.15, 0.2) is 23.0 Å². The fourth-order valence-electron chi connectivity index (χ4n) is 3.08. The fraction of sp³-hybridized carbons (Fsp3) is 0.105. The van der Waals surface area contributed by atoms with E-state index in [2.05, 4.69) is 26.5 Å². The molecular weight excluding hydrogens is 344 g/mol. The summed E-state index contributed by atoms with van der Waals surface area (Å²) < 4.78 is 12.6. The van der Waals surface area contributed by atoms with E-state index in [9.17, 15) is 5.26 Å². The minimum atomic E-state index is 0.219. The first-order valence-electron chi connectivity index (χ1n) is 8.33. The highest BCUT2D eigenvalue weighted by Crippen LogP contribution is 2.37. The van der Waals surface area contributed by atoms with Gasteiger partial charge in [0.05, 0.1) is 5.69 Å². The zero-order valence-corrected chi connectivity index (χ0v) is 14.4. The van der Waals surface area contributed by atoms with Gasteiger partial charge < -0.3 is 14.8 Å². The van der Waals surface area contributed by atoms with Crippen molar-refractivity contribution in [2.75, 3.05) is 12.1 Å². The Bertz CT molecular complexity index is 1220. The highest BCUT2D eigenvalue weighted by atomic mass is 16.7. The number of imidazole rings is 1. The molecule has 4 heterocycles. The summed E-state index contributed by atoms with van der Waals surface area (Å²) in [6.07, 6.45) is 1.63. The molecule has 2 N–H and O–H groups in total. The number of ether oxygens (including phenoxy) is 2. The molecule has 0 saturated carbocycles. The second kappa shape index (κ2) is 5.78. The van der Waals surface area contributed by atoms with Gasteiger partial charge in [0.25, 0.3) is 0 Å². The van der Waals surface area contributed by atoms with Gasteiger partial charge in [0.2, 0.25) is 6.79 Å². The lowest BCUT2D eigenvalue weighted by Gasteiger charge is -2.09. The maximum Gasteiger partial charge on any atom is 0.231 e. The van der Waals surface area contributed by atoms with E-state index in [1.54, 1.807) is 10.7 Å². The van der Waals surface area contributed by atoms with E-state index in [4.69, 9.17) is 9.47 Å². The molecule has 8 nitrogen and oxygen atoms in total. The zero-order chi connectivity index (χ0) is 18.4. The second-order valence-corrected chi connectivity index (χ2v) is 6.12. The largest absolute Gasteiger partial charge is 0.454 e. The zero-order valence-electron chi connectivity index (χ0n) is 14.4. The van der Waals surface area contributed by atoms with Crippen LogP contribution in [0.4, 0.5) is 11.5 Å². The smallest absolute Gasteiger partial charge is 0.231 e. The first kappa shape index (κ1) is 15.3. The molecular formula is C19H14N6O2. The minimum absolute atomic E-state index is 0.219. The molecule has 0 fully saturated rings. The van der Waals surface area contributed by atoms with E-state index >= 15 is 0 Å². The SMILES string of the molecule is Cc1cccc(-c2nc3c(C#N)c[nH]n3c2Nc2ccc3c(c2)OCO3)n1. The third-order valence-corrected chi connectivity index (χ3v) is 4.34. The lowest BCUT2D eigenvalue weighted by Crippen LogP contribution is -1.98. The number of fused-ring (bicyclic) bond motifs is 2. The van der Waals surface area contributed by atoms with Gasteiger partial charge in [-0.3, -0.25) is 10.1 Å². The maximum absolute atomic E-state index is 9.35. The molecule has 0 spiro atoms. The van der Waals surface area contributed by atoms with Gasteiger partial charge in [-0.25, -0.2) is 9.50 Å². The topological polar surface area (TPSA) is 100 Å². The molecule has 1 aliphatic heterocycles. The van der Waals surface area contributed by atoms with Crippen molar-refractivity contribution >= 4 is 17.2 Å². The second-order valence-electron chi connectivity index (χ2n) is 6.12. The van der Waals surface area contributed by atoms with Crippen LogP contribution in [0.2, 0.25) is 0 Å². The van der Waals surface area contributed by atoms with Gasteiger partial charge in [-0.05, 0) is 31.2 Å². The van der Waals surface area contributed by atoms with Crippen LogP contribution in [0.5, 0.6) is 11.5 Å². The van der Waals surface area contributed by atoms with Crippen molar-refractivity contribution in [3.05, 3.63) is 53.9 Å². The minimum Gasteiger partial charge on any atom is -0.454 e. The molecule has 1 aromatic carbocycles. The Hall–Kier alpha value is -3.99. The summed E-state index contributed by atoms with van der Waals surface area (Å²) >= 11 is 0. The number of nitrogens with zero attached hydrogens (tertiary/aromatic N) is 4. The number of aromatic amines is 1. The molecule has 0 radical (unpaired) electrons. The van der Waals surface area contributed by atoms with E-state index < -0.39 is 0 Å². The summed E-state index contributed by atoms with van der Waals surface area (Å²) in [5, 5.41) is 15.8. The Morgan fingerprint density at radius 2 is 2.07 bits per heavy atom. The molecule has 3 aromatic heterocycles. The van der Waals surface area contributed by atoms with Crippen molar-refractivity contribution < 1.29 is 9.47 Å². The number of pyridine rings is 1. The lowest BCUT2D eigenvalue weighted by molar-refractivity contribution is 0.174. The number of hydrogen-bond acceptors (Lipinski definition) is 6. The van der Waals surface area contributed by atoms with Gasteiger partial charge in [-0.15, -0.1) is 0 Å². The predicted molar refractivity (Wildman–Crippen MR) is 98.1 cm³/mol. The van der Waals surface area contributed by atoms with Gasteiger partial charge in [0, 0.05) is 23.6 Å². The Morgan fingerprint density at radius 3 is 2.93 bits per heavy atom. The van der Waals surface area contributed by atoms with Crippen LogP contribution in [-0.2, 0) is 0 Å². The molecule has 1 aliphatic rings. The van der Waals surface area contributed by atoms with Crippen LogP contribution in [0, 0.1) is 18.3 Å². The molecule has 0 atom stereocenters. The molecule has 8 heteroatoms. The number of benzene rings is 1. The van der Waals surface area contributed by atoms with Crippen molar-refractivity contribution in [2.45, 2.75) is 6.92 Å². The number of H-pyrrole nitrogens is 1. The molecule has 0 bridgehead atoms. The average Bonchev–Trinajstić information content (AvgIpc) is 3.37. The number of nitriles is 1. The quantitative estimate of drug-likeness (QED) is 0.582. The van der Waals surface area contributed by atoms with Crippen LogP contribution in [0.1, 0.15) is 11.3 Å². The number of anilines is 2. The molecule has 0 saturated heterocycles. The molecule has 27 heavy (non-hydrogen) atoms. The fourth-order valence-corrected chi connectivity index (χ4v) is 3.08. The normalized spacial score (nSPS) is 12.3. The third-order valence-electron chi connectivity index (χ3n) is 4.34. The van der Waals surface area contributed by atoms with E-state index in [1.807, 2.05) is 43.3 Å². The maximum atomic E-state index is 9.35. The summed E-state index contributed by atoms with van der Waals surface area (Å²) in [5.41, 5.74) is 4.07. The lowest BCUT2D eigenvalue weighted by atomic mass is 10.2. The standard InChI is InChI=1S/C19H14N6O2/c1-11-3-2-4-14(22-11)17-19(25-18(24-17)12(8-20)9-21-25)23-13-5-6-15-16(7-13)27-10-26-15/h2-7,9,21,23H,10H2,1H3. The third kappa shape index (κ3) is 2.45. The average molecular weight is 358 g/mol. The highest BCUT2D eigenvalue weighted by molar-refractivity contribution is 5.79. The Morgan fingerprint density at radius 1 is 1.19 bits per heavy atom. The van der Waals surface area contributed by atoms with Crippen molar-refractivity contribution in [3.8, 4) is 29.0 Å². The monoisotopic (exact) mass is 358 g/mol. The van der Waals surface area contributed by atoms with Crippen LogP contribution in [0.25, 0.3) is 17.0 Å². The summed E-state index contributed by atoms with van der Waals surface area (Å²) in [7, 11) is 0. The van der Waals surface area contributed by atoms with E-state index in [0.717, 1.165) is 17.1 Å². The van der Waals surface area contributed by atoms with Gasteiger partial charge in [-0.2, -0.15) is 5.26 Å². The van der Waals surface area contributed by atoms with Gasteiger partial charge >= 0.3 is 0 Å². The molecule has 0 unspecified atom stereocenters. The predicted octanol–water partition coefficient (Wildman–Crippen LogP) is 3.38. The molecule has 0 aliphatic carbocycles. The van der Waals surface area contributed by atoms with Gasteiger partial charge in [0.1, 0.15) is 17.3 Å². The van der Waals surface area contributed by atoms with Crippen LogP contribution >= 0.6 is 0 Å². The first-order valence-corrected chi connectivity index (χ1v) is 8.33. The number of nitrogens with one attached hydrogen (secondary N) is 2. The van der Waals surface area contributed by atoms with Crippen molar-refractivity contribution in [1.82, 2.24) is 19.6 Å². The Labute approximate surface area is 154 Å². The van der Waals surface area contributed by atoms with Crippen LogP contribution in [0.15, 0.2) is 42.6 Å². The number of hydrogen-bond donors (Lipinski definition) is 2. The van der Waals surface area contributed by atoms with Gasteiger partial charge in [-0.1, -0.05) is 6.07 Å². The summed E-state index contributed by atoms with van der Waals surface area (Å²) in [6, 6.07) is 13.5. The molecule has 4 aromatic rings. The van der Waals surface area contributed by atoms with Crippen LogP contribution in [0.3, 0.4) is 0 Å². The van der Waals surface area contributed by atoms with E-state index in [1.165, 1.54) is 0 Å². The molecule has 0 amide bonds. The van der Waals surface area contributed by atoms with Crippen LogP contribution < -0.4 is 14.8 Å². The summed E-state index contributed by atoms with van der Waals surface area (Å²) in [5.74, 6) is 2.08. The van der Waals surface area contributed by atoms with E-state index in [-0.39, 0.29) is 6.79 Å². The summed E-state index contributed by atoms with van der Waals surface area (Å²) in [6.45, 7) is 2.15. The first-order chi connectivity index (χ1) is 13.2. The highest BCUT2D eigenvalue weighted by Gasteiger charge is 2.20. The van der Waals surface area contributed by atoms with Crippen molar-refractivity contribution in [1.29, 1.82) is 5.26 Å². The Kier molecular flexibility index (Phi) is 3.27. The van der Waals surface area contributed by atoms with E-state index in [0.29, 0.717) is 34.2 Å². The van der Waals surface area contributed by atoms with Crippen molar-refractivity contribution in [3.63, 3.8) is 0 Å². The van der Waals surface area contributed by atoms with Crippen LogP contribution in [-0.4, -0.2) is 26.4 Å². The molecule has 132 valence electrons. The Balaban J connectivity index is 1.66.